The largest absolute Gasteiger partial charge is 0.370 e. The number of benzene rings is 2. The fraction of sp³-hybridized carbons (Fsp3) is 0. The van der Waals surface area contributed by atoms with Crippen LogP contribution in [0, 0.1) is 12.3 Å². The number of rotatable bonds is 1. The molecule has 0 aliphatic heterocycles. The molecule has 0 unspecified atom stereocenters. The molecule has 97 valence electrons. The Morgan fingerprint density at radius 3 is 2.48 bits per heavy atom. The van der Waals surface area contributed by atoms with Gasteiger partial charge in [-0.3, -0.25) is 0 Å². The van der Waals surface area contributed by atoms with E-state index >= 15 is 0 Å². The first-order valence-electron chi connectivity index (χ1n) is 6.45. The molecular formula is C18H10N2Y-2. The maximum Gasteiger partial charge on any atom is 0 e. The zero-order valence-corrected chi connectivity index (χ0v) is 14.1. The van der Waals surface area contributed by atoms with Crippen LogP contribution in [-0.4, -0.2) is 9.97 Å². The summed E-state index contributed by atoms with van der Waals surface area (Å²) in [5.74, 6) is 0. The molecule has 4 aromatic rings. The van der Waals surface area contributed by atoms with E-state index in [0.717, 1.165) is 32.8 Å². The van der Waals surface area contributed by atoms with Gasteiger partial charge in [-0.1, -0.05) is 59.2 Å². The molecule has 0 aliphatic rings. The molecular weight excluding hydrogens is 333 g/mol. The van der Waals surface area contributed by atoms with Crippen LogP contribution in [0.2, 0.25) is 0 Å². The summed E-state index contributed by atoms with van der Waals surface area (Å²) < 4.78 is 0. The van der Waals surface area contributed by atoms with Crippen molar-refractivity contribution in [2.75, 3.05) is 0 Å². The maximum atomic E-state index is 4.50. The van der Waals surface area contributed by atoms with Gasteiger partial charge < -0.3 is 9.97 Å². The third kappa shape index (κ3) is 2.62. The Morgan fingerprint density at radius 1 is 0.810 bits per heavy atom. The van der Waals surface area contributed by atoms with E-state index in [9.17, 15) is 0 Å². The van der Waals surface area contributed by atoms with Crippen molar-refractivity contribution in [3.8, 4) is 11.3 Å². The Balaban J connectivity index is 0.00000132. The predicted molar refractivity (Wildman–Crippen MR) is 80.2 cm³/mol. The van der Waals surface area contributed by atoms with Crippen molar-refractivity contribution in [2.24, 2.45) is 0 Å². The standard InChI is InChI=1S/C18H10N2.Y/c1-2-6-14-11-20-18(9-13(14)5-1)17-12-19-10-15-7-3-4-8-16(15)17;/h1-8,10-11H;/q-2;. The van der Waals surface area contributed by atoms with Gasteiger partial charge in [-0.25, -0.2) is 0 Å². The molecule has 2 nitrogen and oxygen atoms in total. The third-order valence-electron chi connectivity index (χ3n) is 3.39. The number of fused-ring (bicyclic) bond motifs is 2. The number of nitrogens with zero attached hydrogens (tertiary/aromatic N) is 2. The fourth-order valence-electron chi connectivity index (χ4n) is 2.39. The molecule has 2 aromatic heterocycles. The van der Waals surface area contributed by atoms with Crippen molar-refractivity contribution in [3.05, 3.63) is 73.2 Å². The SMILES string of the molecule is [Y].[c-]1ncc2ccccc2c1-c1[c-]c2ccccc2cn1. The minimum atomic E-state index is 0. The first-order chi connectivity index (χ1) is 9.92. The van der Waals surface area contributed by atoms with Crippen molar-refractivity contribution >= 4 is 21.5 Å². The Labute approximate surface area is 148 Å². The van der Waals surface area contributed by atoms with Crippen LogP contribution in [0.3, 0.4) is 0 Å². The molecule has 0 atom stereocenters. The molecule has 2 heterocycles. The van der Waals surface area contributed by atoms with Crippen LogP contribution in [0.1, 0.15) is 0 Å². The molecule has 0 N–H and O–H groups in total. The van der Waals surface area contributed by atoms with E-state index in [4.69, 9.17) is 0 Å². The Kier molecular flexibility index (Phi) is 4.09. The Hall–Kier alpha value is -1.64. The van der Waals surface area contributed by atoms with Crippen LogP contribution >= 0.6 is 0 Å². The normalized spacial score (nSPS) is 10.5. The number of hydrogen-bond acceptors (Lipinski definition) is 2. The minimum absolute atomic E-state index is 0. The van der Waals surface area contributed by atoms with Crippen LogP contribution in [0.4, 0.5) is 0 Å². The molecule has 4 rings (SSSR count). The van der Waals surface area contributed by atoms with E-state index in [1.54, 1.807) is 0 Å². The minimum Gasteiger partial charge on any atom is -0.370 e. The van der Waals surface area contributed by atoms with Gasteiger partial charge in [0.05, 0.1) is 0 Å². The Bertz CT molecular complexity index is 913. The first kappa shape index (κ1) is 14.3. The van der Waals surface area contributed by atoms with E-state index in [1.807, 2.05) is 54.9 Å². The second kappa shape index (κ2) is 6.01. The summed E-state index contributed by atoms with van der Waals surface area (Å²) in [6, 6.07) is 19.6. The Morgan fingerprint density at radius 2 is 1.57 bits per heavy atom. The summed E-state index contributed by atoms with van der Waals surface area (Å²) in [6.07, 6.45) is 6.74. The van der Waals surface area contributed by atoms with Gasteiger partial charge >= 0.3 is 0 Å². The van der Waals surface area contributed by atoms with E-state index in [1.165, 1.54) is 0 Å². The fourth-order valence-corrected chi connectivity index (χ4v) is 2.39. The van der Waals surface area contributed by atoms with Crippen LogP contribution in [0.5, 0.6) is 0 Å². The maximum absolute atomic E-state index is 4.50. The van der Waals surface area contributed by atoms with Crippen LogP contribution in [0.25, 0.3) is 32.8 Å². The summed E-state index contributed by atoms with van der Waals surface area (Å²) in [4.78, 5) is 8.68. The predicted octanol–water partition coefficient (Wildman–Crippen LogP) is 4.05. The van der Waals surface area contributed by atoms with Gasteiger partial charge in [0.15, 0.2) is 0 Å². The summed E-state index contributed by atoms with van der Waals surface area (Å²) in [5, 5.41) is 4.33. The average molecular weight is 343 g/mol. The van der Waals surface area contributed by atoms with Crippen molar-refractivity contribution in [1.82, 2.24) is 9.97 Å². The molecule has 1 radical (unpaired) electrons. The van der Waals surface area contributed by atoms with E-state index < -0.39 is 0 Å². The van der Waals surface area contributed by atoms with Crippen molar-refractivity contribution in [3.63, 3.8) is 0 Å². The monoisotopic (exact) mass is 343 g/mol. The molecule has 0 saturated heterocycles. The van der Waals surface area contributed by atoms with E-state index in [0.29, 0.717) is 0 Å². The third-order valence-corrected chi connectivity index (χ3v) is 3.39. The molecule has 3 heteroatoms. The van der Waals surface area contributed by atoms with Crippen LogP contribution in [0.15, 0.2) is 60.9 Å². The molecule has 0 fully saturated rings. The van der Waals surface area contributed by atoms with E-state index in [2.05, 4.69) is 28.3 Å². The van der Waals surface area contributed by atoms with Gasteiger partial charge in [-0.05, 0) is 6.20 Å². The molecule has 21 heavy (non-hydrogen) atoms. The number of hydrogen-bond donors (Lipinski definition) is 0. The summed E-state index contributed by atoms with van der Waals surface area (Å²) in [6.45, 7) is 0. The van der Waals surface area contributed by atoms with E-state index in [-0.39, 0.29) is 32.7 Å². The van der Waals surface area contributed by atoms with Gasteiger partial charge in [0.25, 0.3) is 0 Å². The summed E-state index contributed by atoms with van der Waals surface area (Å²) in [5.41, 5.74) is 1.68. The topological polar surface area (TPSA) is 25.8 Å². The zero-order chi connectivity index (χ0) is 13.4. The molecule has 0 saturated carbocycles. The first-order valence-corrected chi connectivity index (χ1v) is 6.45. The van der Waals surface area contributed by atoms with Crippen molar-refractivity contribution in [1.29, 1.82) is 0 Å². The van der Waals surface area contributed by atoms with Gasteiger partial charge in [-0.2, -0.15) is 11.6 Å². The quantitative estimate of drug-likeness (QED) is 0.488. The van der Waals surface area contributed by atoms with Gasteiger partial charge in [0, 0.05) is 32.7 Å². The van der Waals surface area contributed by atoms with Crippen LogP contribution < -0.4 is 0 Å². The van der Waals surface area contributed by atoms with Gasteiger partial charge in [0.2, 0.25) is 0 Å². The molecule has 0 bridgehead atoms. The molecule has 0 spiro atoms. The average Bonchev–Trinajstić information content (AvgIpc) is 2.54. The number of aromatic nitrogens is 2. The van der Waals surface area contributed by atoms with Crippen molar-refractivity contribution in [2.45, 2.75) is 0 Å². The second-order valence-corrected chi connectivity index (χ2v) is 4.65. The summed E-state index contributed by atoms with van der Waals surface area (Å²) >= 11 is 0. The molecule has 2 aromatic carbocycles. The zero-order valence-electron chi connectivity index (χ0n) is 11.2. The van der Waals surface area contributed by atoms with Gasteiger partial charge in [-0.15, -0.1) is 29.0 Å². The van der Waals surface area contributed by atoms with Gasteiger partial charge in [0.1, 0.15) is 0 Å². The molecule has 0 amide bonds. The number of pyridine rings is 2. The second-order valence-electron chi connectivity index (χ2n) is 4.65. The molecule has 0 aliphatic carbocycles. The van der Waals surface area contributed by atoms with Crippen molar-refractivity contribution < 1.29 is 32.7 Å². The van der Waals surface area contributed by atoms with Crippen LogP contribution in [-0.2, 0) is 32.7 Å². The summed E-state index contributed by atoms with van der Waals surface area (Å²) in [7, 11) is 0. The smallest absolute Gasteiger partial charge is 0 e.